The summed E-state index contributed by atoms with van der Waals surface area (Å²) in [5, 5.41) is 14.4. The van der Waals surface area contributed by atoms with Crippen molar-refractivity contribution < 1.29 is 9.18 Å². The molecular formula is C18H19FN6O. The van der Waals surface area contributed by atoms with Crippen molar-refractivity contribution in [3.05, 3.63) is 60.9 Å². The molecule has 0 saturated carbocycles. The van der Waals surface area contributed by atoms with Gasteiger partial charge in [-0.1, -0.05) is 0 Å². The third kappa shape index (κ3) is 2.88. The van der Waals surface area contributed by atoms with E-state index in [1.807, 2.05) is 0 Å². The highest BCUT2D eigenvalue weighted by molar-refractivity contribution is 5.96. The molecular weight excluding hydrogens is 335 g/mol. The second-order valence-corrected chi connectivity index (χ2v) is 6.30. The van der Waals surface area contributed by atoms with E-state index in [2.05, 4.69) is 20.8 Å². The zero-order chi connectivity index (χ0) is 18.0. The van der Waals surface area contributed by atoms with Gasteiger partial charge in [0, 0.05) is 30.5 Å². The SMILES string of the molecule is O=C(Nc1ccc(-n2cccn2)c(F)c1)C1(n2cccn2)CCNCC1. The fourth-order valence-electron chi connectivity index (χ4n) is 3.35. The van der Waals surface area contributed by atoms with E-state index in [0.29, 0.717) is 24.2 Å². The summed E-state index contributed by atoms with van der Waals surface area (Å²) < 4.78 is 17.6. The first-order chi connectivity index (χ1) is 12.7. The number of carbonyl (C=O) groups is 1. The highest BCUT2D eigenvalue weighted by Crippen LogP contribution is 2.29. The van der Waals surface area contributed by atoms with Crippen molar-refractivity contribution >= 4 is 11.6 Å². The fourth-order valence-corrected chi connectivity index (χ4v) is 3.35. The number of nitrogens with zero attached hydrogens (tertiary/aromatic N) is 4. The topological polar surface area (TPSA) is 76.8 Å². The van der Waals surface area contributed by atoms with E-state index in [4.69, 9.17) is 0 Å². The number of benzene rings is 1. The van der Waals surface area contributed by atoms with Crippen LogP contribution in [0.3, 0.4) is 0 Å². The molecule has 7 nitrogen and oxygen atoms in total. The Morgan fingerprint density at radius 1 is 1.15 bits per heavy atom. The molecule has 0 aliphatic carbocycles. The number of amides is 1. The molecule has 3 heterocycles. The molecule has 0 radical (unpaired) electrons. The van der Waals surface area contributed by atoms with Crippen LogP contribution in [0.4, 0.5) is 10.1 Å². The fraction of sp³-hybridized carbons (Fsp3) is 0.278. The maximum absolute atomic E-state index is 14.4. The molecule has 1 aliphatic rings. The van der Waals surface area contributed by atoms with Crippen molar-refractivity contribution in [2.24, 2.45) is 0 Å². The minimum absolute atomic E-state index is 0.186. The molecule has 1 aliphatic heterocycles. The number of aromatic nitrogens is 4. The summed E-state index contributed by atoms with van der Waals surface area (Å²) in [6.07, 6.45) is 7.95. The quantitative estimate of drug-likeness (QED) is 0.751. The number of halogens is 1. The number of rotatable bonds is 4. The van der Waals surface area contributed by atoms with Gasteiger partial charge in [0.15, 0.2) is 5.82 Å². The monoisotopic (exact) mass is 354 g/mol. The molecule has 134 valence electrons. The molecule has 0 spiro atoms. The molecule has 8 heteroatoms. The Kier molecular flexibility index (Phi) is 4.26. The number of carbonyl (C=O) groups excluding carboxylic acids is 1. The van der Waals surface area contributed by atoms with Crippen molar-refractivity contribution in [1.82, 2.24) is 24.9 Å². The van der Waals surface area contributed by atoms with Gasteiger partial charge >= 0.3 is 0 Å². The summed E-state index contributed by atoms with van der Waals surface area (Å²) in [6.45, 7) is 1.44. The number of hydrogen-bond acceptors (Lipinski definition) is 4. The summed E-state index contributed by atoms with van der Waals surface area (Å²) in [4.78, 5) is 13.1. The highest BCUT2D eigenvalue weighted by atomic mass is 19.1. The normalized spacial score (nSPS) is 16.3. The van der Waals surface area contributed by atoms with E-state index < -0.39 is 11.4 Å². The Labute approximate surface area is 149 Å². The first kappa shape index (κ1) is 16.5. The number of hydrogen-bond donors (Lipinski definition) is 2. The Hall–Kier alpha value is -3.00. The molecule has 2 N–H and O–H groups in total. The van der Waals surface area contributed by atoms with E-state index in [9.17, 15) is 9.18 Å². The van der Waals surface area contributed by atoms with Crippen LogP contribution >= 0.6 is 0 Å². The lowest BCUT2D eigenvalue weighted by Crippen LogP contribution is -2.52. The Morgan fingerprint density at radius 3 is 2.58 bits per heavy atom. The van der Waals surface area contributed by atoms with Crippen LogP contribution in [0.25, 0.3) is 5.69 Å². The minimum atomic E-state index is -0.772. The van der Waals surface area contributed by atoms with Gasteiger partial charge in [0.1, 0.15) is 11.2 Å². The van der Waals surface area contributed by atoms with Crippen molar-refractivity contribution in [3.63, 3.8) is 0 Å². The van der Waals surface area contributed by atoms with Crippen LogP contribution in [0.15, 0.2) is 55.1 Å². The van der Waals surface area contributed by atoms with Gasteiger partial charge in [-0.3, -0.25) is 9.48 Å². The minimum Gasteiger partial charge on any atom is -0.324 e. The molecule has 0 unspecified atom stereocenters. The van der Waals surface area contributed by atoms with E-state index in [1.165, 1.54) is 10.7 Å². The van der Waals surface area contributed by atoms with Crippen molar-refractivity contribution in [3.8, 4) is 5.69 Å². The van der Waals surface area contributed by atoms with Crippen LogP contribution in [0, 0.1) is 5.82 Å². The Balaban J connectivity index is 1.60. The van der Waals surface area contributed by atoms with Crippen LogP contribution in [0.1, 0.15) is 12.8 Å². The van der Waals surface area contributed by atoms with E-state index in [0.717, 1.165) is 13.1 Å². The van der Waals surface area contributed by atoms with E-state index in [-0.39, 0.29) is 5.91 Å². The maximum Gasteiger partial charge on any atom is 0.252 e. The third-order valence-corrected chi connectivity index (χ3v) is 4.75. The molecule has 26 heavy (non-hydrogen) atoms. The summed E-state index contributed by atoms with van der Waals surface area (Å²) in [6, 6.07) is 8.11. The van der Waals surface area contributed by atoms with Crippen LogP contribution in [-0.2, 0) is 10.3 Å². The third-order valence-electron chi connectivity index (χ3n) is 4.75. The van der Waals surface area contributed by atoms with Crippen molar-refractivity contribution in [2.45, 2.75) is 18.4 Å². The molecule has 1 amide bonds. The smallest absolute Gasteiger partial charge is 0.252 e. The zero-order valence-corrected chi connectivity index (χ0v) is 14.1. The van der Waals surface area contributed by atoms with Gasteiger partial charge in [-0.05, 0) is 56.3 Å². The number of anilines is 1. The van der Waals surface area contributed by atoms with Gasteiger partial charge in [0.2, 0.25) is 0 Å². The molecule has 0 atom stereocenters. The lowest BCUT2D eigenvalue weighted by atomic mass is 9.87. The lowest BCUT2D eigenvalue weighted by molar-refractivity contribution is -0.126. The van der Waals surface area contributed by atoms with Crippen molar-refractivity contribution in [2.75, 3.05) is 18.4 Å². The van der Waals surface area contributed by atoms with E-state index >= 15 is 0 Å². The van der Waals surface area contributed by atoms with Crippen LogP contribution in [-0.4, -0.2) is 38.6 Å². The van der Waals surface area contributed by atoms with Crippen molar-refractivity contribution in [1.29, 1.82) is 0 Å². The molecule has 3 aromatic rings. The van der Waals surface area contributed by atoms with Gasteiger partial charge in [-0.2, -0.15) is 10.2 Å². The first-order valence-electron chi connectivity index (χ1n) is 8.51. The molecule has 2 aromatic heterocycles. The highest BCUT2D eigenvalue weighted by Gasteiger charge is 2.42. The van der Waals surface area contributed by atoms with Crippen LogP contribution < -0.4 is 10.6 Å². The average molecular weight is 354 g/mol. The molecule has 1 fully saturated rings. The molecule has 0 bridgehead atoms. The van der Waals surface area contributed by atoms with E-state index in [1.54, 1.807) is 53.7 Å². The Morgan fingerprint density at radius 2 is 1.92 bits per heavy atom. The first-order valence-corrected chi connectivity index (χ1v) is 8.51. The summed E-state index contributed by atoms with van der Waals surface area (Å²) in [7, 11) is 0. The summed E-state index contributed by atoms with van der Waals surface area (Å²) in [5.74, 6) is -0.640. The second-order valence-electron chi connectivity index (χ2n) is 6.30. The molecule has 1 aromatic carbocycles. The largest absolute Gasteiger partial charge is 0.324 e. The molecule has 1 saturated heterocycles. The second kappa shape index (κ2) is 6.72. The summed E-state index contributed by atoms with van der Waals surface area (Å²) in [5.41, 5.74) is -0.0311. The Bertz CT molecular complexity index is 885. The standard InChI is InChI=1S/C18H19FN6O/c19-15-13-14(3-4-16(15)24-11-1-7-21-24)23-17(26)18(5-9-20-10-6-18)25-12-2-8-22-25/h1-4,7-8,11-13,20H,5-6,9-10H2,(H,23,26). The van der Waals surface area contributed by atoms with Gasteiger partial charge in [0.25, 0.3) is 5.91 Å². The van der Waals surface area contributed by atoms with Gasteiger partial charge in [-0.25, -0.2) is 9.07 Å². The number of piperidine rings is 1. The summed E-state index contributed by atoms with van der Waals surface area (Å²) >= 11 is 0. The number of nitrogens with one attached hydrogen (secondary N) is 2. The lowest BCUT2D eigenvalue weighted by Gasteiger charge is -2.36. The maximum atomic E-state index is 14.4. The predicted octanol–water partition coefficient (Wildman–Crippen LogP) is 1.93. The van der Waals surface area contributed by atoms with Gasteiger partial charge in [-0.15, -0.1) is 0 Å². The zero-order valence-electron chi connectivity index (χ0n) is 14.1. The van der Waals surface area contributed by atoms with Gasteiger partial charge in [0.05, 0.1) is 0 Å². The van der Waals surface area contributed by atoms with Crippen LogP contribution in [0.2, 0.25) is 0 Å². The molecule has 4 rings (SSSR count). The average Bonchev–Trinajstić information content (AvgIpc) is 3.36. The van der Waals surface area contributed by atoms with Gasteiger partial charge < -0.3 is 10.6 Å². The van der Waals surface area contributed by atoms with Crippen LogP contribution in [0.5, 0.6) is 0 Å². The predicted molar refractivity (Wildman–Crippen MR) is 94.5 cm³/mol.